The van der Waals surface area contributed by atoms with Crippen molar-refractivity contribution < 1.29 is 27.8 Å². The van der Waals surface area contributed by atoms with Crippen LogP contribution in [-0.2, 0) is 11.2 Å². The minimum absolute atomic E-state index is 0.00256. The zero-order chi connectivity index (χ0) is 25.2. The number of carboxylic acid groups (broad SMARTS) is 1. The summed E-state index contributed by atoms with van der Waals surface area (Å²) in [6, 6.07) is 18.2. The van der Waals surface area contributed by atoms with E-state index in [-0.39, 0.29) is 18.2 Å². The van der Waals surface area contributed by atoms with Crippen LogP contribution in [0.3, 0.4) is 0 Å². The number of nitrogens with zero attached hydrogens (tertiary/aromatic N) is 2. The van der Waals surface area contributed by atoms with Gasteiger partial charge in [-0.1, -0.05) is 29.8 Å². The molecule has 0 saturated carbocycles. The second-order valence-corrected chi connectivity index (χ2v) is 8.39. The maximum absolute atomic E-state index is 12.5. The van der Waals surface area contributed by atoms with Gasteiger partial charge in [-0.25, -0.2) is 4.98 Å². The Hall–Kier alpha value is -3.72. The summed E-state index contributed by atoms with van der Waals surface area (Å²) in [6.07, 6.45) is -4.40. The molecule has 0 saturated heterocycles. The van der Waals surface area contributed by atoms with E-state index in [0.29, 0.717) is 28.6 Å². The van der Waals surface area contributed by atoms with Crippen LogP contribution in [0.15, 0.2) is 66.7 Å². The number of hydrogen-bond acceptors (Lipinski definition) is 4. The quantitative estimate of drug-likeness (QED) is 0.272. The van der Waals surface area contributed by atoms with Gasteiger partial charge in [-0.15, -0.1) is 13.2 Å². The molecule has 0 spiro atoms. The predicted octanol–water partition coefficient (Wildman–Crippen LogP) is 6.96. The van der Waals surface area contributed by atoms with Crippen LogP contribution in [0.2, 0.25) is 5.02 Å². The Morgan fingerprint density at radius 2 is 1.89 bits per heavy atom. The molecule has 0 aliphatic rings. The summed E-state index contributed by atoms with van der Waals surface area (Å²) in [5, 5.41) is 12.8. The number of carbonyl (C=O) groups is 1. The van der Waals surface area contributed by atoms with Crippen molar-refractivity contribution in [2.24, 2.45) is 0 Å². The first-order valence-corrected chi connectivity index (χ1v) is 11.1. The topological polar surface area (TPSA) is 76.4 Å². The van der Waals surface area contributed by atoms with Crippen molar-refractivity contribution in [3.8, 4) is 5.75 Å². The average Bonchev–Trinajstić information content (AvgIpc) is 3.14. The molecule has 182 valence electrons. The van der Waals surface area contributed by atoms with E-state index in [9.17, 15) is 18.0 Å². The van der Waals surface area contributed by atoms with Gasteiger partial charge in [0.2, 0.25) is 5.95 Å². The van der Waals surface area contributed by atoms with Crippen LogP contribution in [0.1, 0.15) is 30.5 Å². The van der Waals surface area contributed by atoms with Gasteiger partial charge < -0.3 is 19.7 Å². The number of nitrogens with one attached hydrogen (secondary N) is 1. The van der Waals surface area contributed by atoms with E-state index in [2.05, 4.69) is 10.1 Å². The molecule has 1 aromatic heterocycles. The molecule has 4 rings (SSSR count). The SMILES string of the molecule is C[C@H](c1cccc(Cl)c1)n1c(Nc2ccc(OC(F)(F)F)cc2)nc2cc(CCC(=O)O)ccc21. The highest BCUT2D eigenvalue weighted by Crippen LogP contribution is 2.32. The van der Waals surface area contributed by atoms with Gasteiger partial charge in [0.05, 0.1) is 17.1 Å². The second-order valence-electron chi connectivity index (χ2n) is 7.95. The highest BCUT2D eigenvalue weighted by Gasteiger charge is 2.31. The van der Waals surface area contributed by atoms with E-state index in [1.54, 1.807) is 6.07 Å². The number of aromatic nitrogens is 2. The van der Waals surface area contributed by atoms with Crippen molar-refractivity contribution in [3.63, 3.8) is 0 Å². The minimum atomic E-state index is -4.77. The lowest BCUT2D eigenvalue weighted by Crippen LogP contribution is -2.17. The van der Waals surface area contributed by atoms with E-state index in [1.165, 1.54) is 24.3 Å². The summed E-state index contributed by atoms with van der Waals surface area (Å²) >= 11 is 6.20. The second kappa shape index (κ2) is 9.87. The highest BCUT2D eigenvalue weighted by atomic mass is 35.5. The van der Waals surface area contributed by atoms with Gasteiger partial charge in [-0.05, 0) is 73.0 Å². The summed E-state index contributed by atoms with van der Waals surface area (Å²) < 4.78 is 43.3. The largest absolute Gasteiger partial charge is 0.573 e. The van der Waals surface area contributed by atoms with E-state index in [1.807, 2.05) is 47.9 Å². The number of anilines is 2. The van der Waals surface area contributed by atoms with Crippen LogP contribution in [-0.4, -0.2) is 27.0 Å². The fourth-order valence-corrected chi connectivity index (χ4v) is 4.01. The van der Waals surface area contributed by atoms with Crippen molar-refractivity contribution in [1.82, 2.24) is 9.55 Å². The molecular weight excluding hydrogens is 483 g/mol. The van der Waals surface area contributed by atoms with Gasteiger partial charge in [0.15, 0.2) is 0 Å². The first kappa shape index (κ1) is 24.4. The molecule has 35 heavy (non-hydrogen) atoms. The number of hydrogen-bond donors (Lipinski definition) is 2. The third-order valence-electron chi connectivity index (χ3n) is 5.44. The average molecular weight is 504 g/mol. The molecule has 0 amide bonds. The molecule has 1 atom stereocenters. The number of aryl methyl sites for hydroxylation is 1. The summed E-state index contributed by atoms with van der Waals surface area (Å²) in [5.74, 6) is -0.746. The Morgan fingerprint density at radius 3 is 2.54 bits per heavy atom. The number of rotatable bonds is 8. The number of imidazole rings is 1. The number of fused-ring (bicyclic) bond motifs is 1. The normalized spacial score (nSPS) is 12.5. The molecule has 1 heterocycles. The molecule has 0 aliphatic heterocycles. The third kappa shape index (κ3) is 6.05. The van der Waals surface area contributed by atoms with Crippen LogP contribution in [0, 0.1) is 0 Å². The van der Waals surface area contributed by atoms with Crippen LogP contribution in [0.5, 0.6) is 5.75 Å². The molecule has 10 heteroatoms. The summed E-state index contributed by atoms with van der Waals surface area (Å²) in [4.78, 5) is 15.7. The summed E-state index contributed by atoms with van der Waals surface area (Å²) in [6.45, 7) is 1.98. The Balaban J connectivity index is 1.72. The smallest absolute Gasteiger partial charge is 0.481 e. The van der Waals surface area contributed by atoms with Gasteiger partial charge in [0.25, 0.3) is 0 Å². The zero-order valence-electron chi connectivity index (χ0n) is 18.5. The molecule has 4 aromatic rings. The van der Waals surface area contributed by atoms with Crippen LogP contribution >= 0.6 is 11.6 Å². The van der Waals surface area contributed by atoms with Gasteiger partial charge in [0.1, 0.15) is 5.75 Å². The first-order valence-electron chi connectivity index (χ1n) is 10.7. The molecule has 3 aromatic carbocycles. The van der Waals surface area contributed by atoms with Crippen molar-refractivity contribution in [3.05, 3.63) is 82.9 Å². The minimum Gasteiger partial charge on any atom is -0.481 e. The van der Waals surface area contributed by atoms with Crippen LogP contribution in [0.25, 0.3) is 11.0 Å². The van der Waals surface area contributed by atoms with E-state index < -0.39 is 12.3 Å². The Bertz CT molecular complexity index is 1350. The highest BCUT2D eigenvalue weighted by molar-refractivity contribution is 6.30. The van der Waals surface area contributed by atoms with Crippen molar-refractivity contribution in [1.29, 1.82) is 0 Å². The van der Waals surface area contributed by atoms with E-state index in [4.69, 9.17) is 21.7 Å². The van der Waals surface area contributed by atoms with Gasteiger partial charge in [-0.2, -0.15) is 0 Å². The number of aliphatic carboxylic acids is 1. The van der Waals surface area contributed by atoms with Gasteiger partial charge in [-0.3, -0.25) is 4.79 Å². The summed E-state index contributed by atoms with van der Waals surface area (Å²) in [7, 11) is 0. The zero-order valence-corrected chi connectivity index (χ0v) is 19.3. The Kier molecular flexibility index (Phi) is 6.88. The lowest BCUT2D eigenvalue weighted by molar-refractivity contribution is -0.274. The van der Waals surface area contributed by atoms with Crippen LogP contribution < -0.4 is 10.1 Å². The molecular formula is C25H21ClF3N3O3. The third-order valence-corrected chi connectivity index (χ3v) is 5.68. The molecule has 0 bridgehead atoms. The van der Waals surface area contributed by atoms with E-state index >= 15 is 0 Å². The molecule has 0 radical (unpaired) electrons. The first-order chi connectivity index (χ1) is 16.6. The van der Waals surface area contributed by atoms with Crippen molar-refractivity contribution in [2.45, 2.75) is 32.2 Å². The predicted molar refractivity (Wildman–Crippen MR) is 127 cm³/mol. The molecule has 6 nitrogen and oxygen atoms in total. The van der Waals surface area contributed by atoms with E-state index in [0.717, 1.165) is 16.6 Å². The monoisotopic (exact) mass is 503 g/mol. The number of carboxylic acids is 1. The maximum atomic E-state index is 12.5. The number of benzene rings is 3. The number of halogens is 4. The summed E-state index contributed by atoms with van der Waals surface area (Å²) in [5.41, 5.74) is 3.74. The molecule has 0 fully saturated rings. The fourth-order valence-electron chi connectivity index (χ4n) is 3.82. The van der Waals surface area contributed by atoms with Gasteiger partial charge in [0, 0.05) is 17.1 Å². The van der Waals surface area contributed by atoms with Crippen molar-refractivity contribution >= 4 is 40.2 Å². The molecule has 2 N–H and O–H groups in total. The standard InChI is InChI=1S/C25H21ClF3N3O3/c1-15(17-3-2-4-18(26)14-17)32-22-11-5-16(6-12-23(33)34)13-21(22)31-24(32)30-19-7-9-20(10-8-19)35-25(27,28)29/h2-5,7-11,13-15H,6,12H2,1H3,(H,30,31)(H,33,34)/t15-/m1/s1. The fraction of sp³-hybridized carbons (Fsp3) is 0.200. The van der Waals surface area contributed by atoms with Gasteiger partial charge >= 0.3 is 12.3 Å². The Morgan fingerprint density at radius 1 is 1.14 bits per heavy atom. The maximum Gasteiger partial charge on any atom is 0.573 e. The van der Waals surface area contributed by atoms with Crippen LogP contribution in [0.4, 0.5) is 24.8 Å². The van der Waals surface area contributed by atoms with Crippen molar-refractivity contribution in [2.75, 3.05) is 5.32 Å². The molecule has 0 aliphatic carbocycles. The Labute approximate surface area is 203 Å². The lowest BCUT2D eigenvalue weighted by Gasteiger charge is -2.19. The lowest BCUT2D eigenvalue weighted by atomic mass is 10.1. The number of alkyl halides is 3. The number of ether oxygens (including phenoxy) is 1. The molecule has 0 unspecified atom stereocenters.